The topological polar surface area (TPSA) is 84.6 Å². The van der Waals surface area contributed by atoms with Gasteiger partial charge in [0.05, 0.1) is 13.2 Å². The second-order valence-electron chi connectivity index (χ2n) is 4.68. The summed E-state index contributed by atoms with van der Waals surface area (Å²) in [6.07, 6.45) is -0.274. The monoisotopic (exact) mass is 295 g/mol. The van der Waals surface area contributed by atoms with Gasteiger partial charge in [-0.05, 0) is 12.1 Å². The molecular weight excluding hydrogens is 278 g/mol. The number of rotatable bonds is 3. The Labute approximate surface area is 122 Å². The fourth-order valence-electron chi connectivity index (χ4n) is 1.87. The summed E-state index contributed by atoms with van der Waals surface area (Å²) < 4.78 is 5.47. The number of morpholine rings is 1. The molecular formula is C12H17N5O2S. The first-order valence-electron chi connectivity index (χ1n) is 6.20. The van der Waals surface area contributed by atoms with Gasteiger partial charge in [-0.2, -0.15) is 0 Å². The van der Waals surface area contributed by atoms with Gasteiger partial charge in [0.15, 0.2) is 11.5 Å². The van der Waals surface area contributed by atoms with Gasteiger partial charge in [0.25, 0.3) is 5.91 Å². The third-order valence-electron chi connectivity index (χ3n) is 2.98. The molecule has 1 unspecified atom stereocenters. The van der Waals surface area contributed by atoms with E-state index in [1.807, 2.05) is 4.90 Å². The Kier molecular flexibility index (Phi) is 4.46. The first-order chi connectivity index (χ1) is 9.49. The van der Waals surface area contributed by atoms with E-state index < -0.39 is 0 Å². The van der Waals surface area contributed by atoms with Gasteiger partial charge < -0.3 is 20.3 Å². The second kappa shape index (κ2) is 6.10. The standard InChI is InChI=1S/C12H17N5O2S/c1-16(2)12(18)8-3-4-10(15-14-8)17-5-6-19-9(7-17)11(13)20/h3-4,9H,5-7H2,1-2H3,(H2,13,20). The van der Waals surface area contributed by atoms with Gasteiger partial charge in [0.1, 0.15) is 11.1 Å². The third-order valence-corrected chi connectivity index (χ3v) is 3.25. The van der Waals surface area contributed by atoms with Crippen LogP contribution in [0.4, 0.5) is 5.82 Å². The first kappa shape index (κ1) is 14.6. The number of ether oxygens (including phenoxy) is 1. The molecule has 0 bridgehead atoms. The molecule has 0 radical (unpaired) electrons. The zero-order valence-corrected chi connectivity index (χ0v) is 12.3. The van der Waals surface area contributed by atoms with E-state index in [4.69, 9.17) is 22.7 Å². The highest BCUT2D eigenvalue weighted by molar-refractivity contribution is 7.80. The summed E-state index contributed by atoms with van der Waals surface area (Å²) in [6, 6.07) is 3.43. The number of nitrogens with zero attached hydrogens (tertiary/aromatic N) is 4. The van der Waals surface area contributed by atoms with Crippen LogP contribution in [0.1, 0.15) is 10.5 Å². The van der Waals surface area contributed by atoms with Crippen LogP contribution in [0.3, 0.4) is 0 Å². The van der Waals surface area contributed by atoms with Crippen molar-refractivity contribution in [2.45, 2.75) is 6.10 Å². The number of hydrogen-bond acceptors (Lipinski definition) is 6. The molecule has 8 heteroatoms. The van der Waals surface area contributed by atoms with Crippen molar-refractivity contribution in [2.75, 3.05) is 38.7 Å². The first-order valence-corrected chi connectivity index (χ1v) is 6.61. The highest BCUT2D eigenvalue weighted by Gasteiger charge is 2.24. The van der Waals surface area contributed by atoms with Gasteiger partial charge in [-0.1, -0.05) is 12.2 Å². The van der Waals surface area contributed by atoms with E-state index in [2.05, 4.69) is 10.2 Å². The number of hydrogen-bond donors (Lipinski definition) is 1. The Hall–Kier alpha value is -1.80. The van der Waals surface area contributed by atoms with E-state index in [0.717, 1.165) is 0 Å². The van der Waals surface area contributed by atoms with Crippen LogP contribution in [0.25, 0.3) is 0 Å². The predicted octanol–water partition coefficient (Wildman–Crippen LogP) is -0.330. The van der Waals surface area contributed by atoms with E-state index in [9.17, 15) is 4.79 Å². The van der Waals surface area contributed by atoms with Crippen LogP contribution in [0, 0.1) is 0 Å². The lowest BCUT2D eigenvalue weighted by atomic mass is 10.2. The van der Waals surface area contributed by atoms with Crippen molar-refractivity contribution in [1.82, 2.24) is 15.1 Å². The summed E-state index contributed by atoms with van der Waals surface area (Å²) in [5.41, 5.74) is 5.92. The molecule has 2 N–H and O–H groups in total. The average molecular weight is 295 g/mol. The molecule has 1 fully saturated rings. The molecule has 1 aromatic rings. The summed E-state index contributed by atoms with van der Waals surface area (Å²) in [4.78, 5) is 15.5. The zero-order chi connectivity index (χ0) is 14.7. The molecule has 1 aromatic heterocycles. The van der Waals surface area contributed by atoms with Crippen LogP contribution in [-0.2, 0) is 4.74 Å². The largest absolute Gasteiger partial charge is 0.391 e. The summed E-state index contributed by atoms with van der Waals surface area (Å²) in [5, 5.41) is 8.05. The van der Waals surface area contributed by atoms with E-state index in [0.29, 0.717) is 36.2 Å². The number of carbonyl (C=O) groups is 1. The van der Waals surface area contributed by atoms with E-state index in [1.54, 1.807) is 26.2 Å². The Morgan fingerprint density at radius 1 is 1.50 bits per heavy atom. The van der Waals surface area contributed by atoms with Crippen molar-refractivity contribution in [3.05, 3.63) is 17.8 Å². The van der Waals surface area contributed by atoms with Crippen molar-refractivity contribution in [3.63, 3.8) is 0 Å². The summed E-state index contributed by atoms with van der Waals surface area (Å²) >= 11 is 4.94. The minimum absolute atomic E-state index is 0.174. The van der Waals surface area contributed by atoms with E-state index in [-0.39, 0.29) is 12.0 Å². The zero-order valence-electron chi connectivity index (χ0n) is 11.4. The van der Waals surface area contributed by atoms with Gasteiger partial charge in [0, 0.05) is 20.6 Å². The lowest BCUT2D eigenvalue weighted by molar-refractivity contribution is 0.0817. The fourth-order valence-corrected chi connectivity index (χ4v) is 2.01. The number of thiocarbonyl (C=S) groups is 1. The highest BCUT2D eigenvalue weighted by atomic mass is 32.1. The fraction of sp³-hybridized carbons (Fsp3) is 0.500. The average Bonchev–Trinajstić information content (AvgIpc) is 2.46. The Balaban J connectivity index is 2.10. The summed E-state index contributed by atoms with van der Waals surface area (Å²) in [7, 11) is 3.35. The molecule has 1 amide bonds. The normalized spacial score (nSPS) is 18.7. The van der Waals surface area contributed by atoms with E-state index in [1.165, 1.54) is 4.90 Å². The van der Waals surface area contributed by atoms with Crippen LogP contribution in [0.2, 0.25) is 0 Å². The van der Waals surface area contributed by atoms with Crippen molar-refractivity contribution < 1.29 is 9.53 Å². The van der Waals surface area contributed by atoms with Crippen molar-refractivity contribution in [2.24, 2.45) is 5.73 Å². The van der Waals surface area contributed by atoms with Crippen LogP contribution < -0.4 is 10.6 Å². The number of nitrogens with two attached hydrogens (primary N) is 1. The van der Waals surface area contributed by atoms with Crippen molar-refractivity contribution >= 4 is 28.9 Å². The number of carbonyl (C=O) groups excluding carboxylic acids is 1. The minimum Gasteiger partial charge on any atom is -0.391 e. The number of anilines is 1. The molecule has 7 nitrogen and oxygen atoms in total. The SMILES string of the molecule is CN(C)C(=O)c1ccc(N2CCOC(C(N)=S)C2)nn1. The van der Waals surface area contributed by atoms with Crippen molar-refractivity contribution in [3.8, 4) is 0 Å². The summed E-state index contributed by atoms with van der Waals surface area (Å²) in [6.45, 7) is 1.77. The summed E-state index contributed by atoms with van der Waals surface area (Å²) in [5.74, 6) is 0.511. The van der Waals surface area contributed by atoms with Crippen LogP contribution in [0.5, 0.6) is 0 Å². The molecule has 1 aliphatic rings. The Morgan fingerprint density at radius 3 is 2.80 bits per heavy atom. The van der Waals surface area contributed by atoms with Gasteiger partial charge >= 0.3 is 0 Å². The molecule has 20 heavy (non-hydrogen) atoms. The number of amides is 1. The minimum atomic E-state index is -0.274. The Bertz CT molecular complexity index is 505. The molecule has 2 rings (SSSR count). The van der Waals surface area contributed by atoms with Crippen LogP contribution >= 0.6 is 12.2 Å². The Morgan fingerprint density at radius 2 is 2.25 bits per heavy atom. The second-order valence-corrected chi connectivity index (χ2v) is 5.16. The molecule has 1 saturated heterocycles. The van der Waals surface area contributed by atoms with Gasteiger partial charge in [-0.3, -0.25) is 4.79 Å². The lowest BCUT2D eigenvalue weighted by Gasteiger charge is -2.32. The molecule has 0 aromatic carbocycles. The number of aromatic nitrogens is 2. The lowest BCUT2D eigenvalue weighted by Crippen LogP contribution is -2.48. The molecule has 1 atom stereocenters. The molecule has 108 valence electrons. The molecule has 0 saturated carbocycles. The molecule has 1 aliphatic heterocycles. The highest BCUT2D eigenvalue weighted by Crippen LogP contribution is 2.15. The maximum atomic E-state index is 11.7. The molecule has 0 aliphatic carbocycles. The quantitative estimate of drug-likeness (QED) is 0.764. The van der Waals surface area contributed by atoms with Gasteiger partial charge in [0.2, 0.25) is 0 Å². The third kappa shape index (κ3) is 3.20. The van der Waals surface area contributed by atoms with E-state index >= 15 is 0 Å². The van der Waals surface area contributed by atoms with Gasteiger partial charge in [-0.25, -0.2) is 0 Å². The smallest absolute Gasteiger partial charge is 0.273 e. The molecule has 2 heterocycles. The molecule has 0 spiro atoms. The predicted molar refractivity (Wildman–Crippen MR) is 78.8 cm³/mol. The maximum Gasteiger partial charge on any atom is 0.273 e. The van der Waals surface area contributed by atoms with Crippen molar-refractivity contribution in [1.29, 1.82) is 0 Å². The van der Waals surface area contributed by atoms with Gasteiger partial charge in [-0.15, -0.1) is 10.2 Å². The maximum absolute atomic E-state index is 11.7. The van der Waals surface area contributed by atoms with Crippen LogP contribution in [-0.4, -0.2) is 65.9 Å². The van der Waals surface area contributed by atoms with Crippen LogP contribution in [0.15, 0.2) is 12.1 Å².